The van der Waals surface area contributed by atoms with Crippen molar-refractivity contribution in [2.24, 2.45) is 0 Å². The Kier molecular flexibility index (Phi) is 4.25. The van der Waals surface area contributed by atoms with E-state index >= 15 is 0 Å². The highest BCUT2D eigenvalue weighted by Crippen LogP contribution is 2.18. The van der Waals surface area contributed by atoms with Crippen molar-refractivity contribution in [1.29, 1.82) is 0 Å². The van der Waals surface area contributed by atoms with Gasteiger partial charge in [0.25, 0.3) is 0 Å². The lowest BCUT2D eigenvalue weighted by molar-refractivity contribution is 0.190. The molecular formula is C11H14FNO3. The number of hydrogen-bond donors (Lipinski definition) is 3. The van der Waals surface area contributed by atoms with Crippen LogP contribution in [0.25, 0.3) is 0 Å². The van der Waals surface area contributed by atoms with E-state index in [4.69, 9.17) is 10.2 Å². The average molecular weight is 227 g/mol. The fourth-order valence-corrected chi connectivity index (χ4v) is 1.47. The van der Waals surface area contributed by atoms with Crippen molar-refractivity contribution in [2.45, 2.75) is 19.4 Å². The van der Waals surface area contributed by atoms with Crippen molar-refractivity contribution < 1.29 is 19.4 Å². The van der Waals surface area contributed by atoms with Gasteiger partial charge >= 0.3 is 6.09 Å². The molecule has 0 spiro atoms. The third-order valence-corrected chi connectivity index (χ3v) is 2.27. The van der Waals surface area contributed by atoms with Gasteiger partial charge in [0.05, 0.1) is 6.04 Å². The van der Waals surface area contributed by atoms with Gasteiger partial charge in [0.15, 0.2) is 0 Å². The molecule has 0 aromatic heterocycles. The zero-order chi connectivity index (χ0) is 12.1. The first-order chi connectivity index (χ1) is 7.54. The van der Waals surface area contributed by atoms with Crippen molar-refractivity contribution in [2.75, 3.05) is 6.61 Å². The third-order valence-electron chi connectivity index (χ3n) is 2.27. The minimum atomic E-state index is -1.19. The van der Waals surface area contributed by atoms with Gasteiger partial charge in [0.1, 0.15) is 5.82 Å². The first-order valence-electron chi connectivity index (χ1n) is 4.93. The fraction of sp³-hybridized carbons (Fsp3) is 0.364. The SMILES string of the molecule is C[C@@H](NC(=O)O)c1cc(CCO)ccc1F. The molecule has 88 valence electrons. The van der Waals surface area contributed by atoms with Crippen molar-refractivity contribution in [3.05, 3.63) is 35.1 Å². The molecular weight excluding hydrogens is 213 g/mol. The predicted octanol–water partition coefficient (Wildman–Crippen LogP) is 1.69. The highest BCUT2D eigenvalue weighted by atomic mass is 19.1. The molecule has 0 aliphatic carbocycles. The Morgan fingerprint density at radius 3 is 2.81 bits per heavy atom. The van der Waals surface area contributed by atoms with Crippen LogP contribution in [0.3, 0.4) is 0 Å². The number of rotatable bonds is 4. The largest absolute Gasteiger partial charge is 0.465 e. The summed E-state index contributed by atoms with van der Waals surface area (Å²) >= 11 is 0. The van der Waals surface area contributed by atoms with Crippen LogP contribution in [0.4, 0.5) is 9.18 Å². The summed E-state index contributed by atoms with van der Waals surface area (Å²) in [6, 6.07) is 3.80. The van der Waals surface area contributed by atoms with E-state index in [2.05, 4.69) is 5.32 Å². The van der Waals surface area contributed by atoms with Crippen molar-refractivity contribution in [3.8, 4) is 0 Å². The van der Waals surface area contributed by atoms with Crippen LogP contribution >= 0.6 is 0 Å². The number of benzene rings is 1. The van der Waals surface area contributed by atoms with Crippen molar-refractivity contribution >= 4 is 6.09 Å². The number of nitrogens with one attached hydrogen (secondary N) is 1. The second-order valence-corrected chi connectivity index (χ2v) is 3.50. The van der Waals surface area contributed by atoms with Gasteiger partial charge < -0.3 is 15.5 Å². The standard InChI is InChI=1S/C11H14FNO3/c1-7(13-11(15)16)9-6-8(4-5-14)2-3-10(9)12/h2-3,6-7,13-14H,4-5H2,1H3,(H,15,16)/t7-/m1/s1. The number of hydrogen-bond acceptors (Lipinski definition) is 2. The molecule has 5 heteroatoms. The van der Waals surface area contributed by atoms with Crippen LogP contribution in [0.1, 0.15) is 24.1 Å². The molecule has 0 radical (unpaired) electrons. The zero-order valence-electron chi connectivity index (χ0n) is 8.90. The van der Waals surface area contributed by atoms with Crippen LogP contribution < -0.4 is 5.32 Å². The van der Waals surface area contributed by atoms with E-state index < -0.39 is 18.0 Å². The maximum atomic E-state index is 13.4. The normalized spacial score (nSPS) is 12.2. The second kappa shape index (κ2) is 5.46. The molecule has 4 nitrogen and oxygen atoms in total. The highest BCUT2D eigenvalue weighted by molar-refractivity contribution is 5.65. The summed E-state index contributed by atoms with van der Waals surface area (Å²) < 4.78 is 13.4. The molecule has 0 fully saturated rings. The third kappa shape index (κ3) is 3.20. The zero-order valence-corrected chi connectivity index (χ0v) is 8.90. The topological polar surface area (TPSA) is 69.6 Å². The summed E-state index contributed by atoms with van der Waals surface area (Å²) in [5.41, 5.74) is 1.06. The number of aliphatic hydroxyl groups is 1. The summed E-state index contributed by atoms with van der Waals surface area (Å²) in [4.78, 5) is 10.4. The summed E-state index contributed by atoms with van der Waals surface area (Å²) in [6.45, 7) is 1.54. The number of carbonyl (C=O) groups is 1. The average Bonchev–Trinajstić information content (AvgIpc) is 2.20. The molecule has 1 rings (SSSR count). The molecule has 1 atom stereocenters. The predicted molar refractivity (Wildman–Crippen MR) is 56.8 cm³/mol. The van der Waals surface area contributed by atoms with Gasteiger partial charge in [-0.25, -0.2) is 9.18 Å². The van der Waals surface area contributed by atoms with Gasteiger partial charge in [0.2, 0.25) is 0 Å². The minimum absolute atomic E-state index is 0.0220. The molecule has 1 amide bonds. The molecule has 0 bridgehead atoms. The molecule has 1 aromatic carbocycles. The maximum Gasteiger partial charge on any atom is 0.405 e. The second-order valence-electron chi connectivity index (χ2n) is 3.50. The first-order valence-corrected chi connectivity index (χ1v) is 4.93. The lowest BCUT2D eigenvalue weighted by atomic mass is 10.0. The van der Waals surface area contributed by atoms with E-state index in [1.807, 2.05) is 0 Å². The Bertz CT molecular complexity index is 381. The van der Waals surface area contributed by atoms with E-state index in [9.17, 15) is 9.18 Å². The molecule has 0 aliphatic heterocycles. The maximum absolute atomic E-state index is 13.4. The van der Waals surface area contributed by atoms with E-state index in [0.717, 1.165) is 5.56 Å². The monoisotopic (exact) mass is 227 g/mol. The Labute approximate surface area is 92.7 Å². The summed E-state index contributed by atoms with van der Waals surface area (Å²) in [5.74, 6) is -0.456. The molecule has 3 N–H and O–H groups in total. The van der Waals surface area contributed by atoms with Crippen LogP contribution in [0.2, 0.25) is 0 Å². The molecule has 16 heavy (non-hydrogen) atoms. The van der Waals surface area contributed by atoms with E-state index in [1.54, 1.807) is 19.1 Å². The number of aliphatic hydroxyl groups excluding tert-OH is 1. The lowest BCUT2D eigenvalue weighted by Crippen LogP contribution is -2.25. The number of amides is 1. The van der Waals surface area contributed by atoms with Gasteiger partial charge in [-0.3, -0.25) is 0 Å². The Balaban J connectivity index is 2.92. The smallest absolute Gasteiger partial charge is 0.405 e. The molecule has 1 aromatic rings. The van der Waals surface area contributed by atoms with Crippen LogP contribution in [-0.4, -0.2) is 22.9 Å². The Morgan fingerprint density at radius 1 is 1.56 bits per heavy atom. The van der Waals surface area contributed by atoms with Crippen LogP contribution in [0, 0.1) is 5.82 Å². The quantitative estimate of drug-likeness (QED) is 0.733. The first kappa shape index (κ1) is 12.4. The molecule has 0 saturated carbocycles. The van der Waals surface area contributed by atoms with E-state index in [-0.39, 0.29) is 12.2 Å². The molecule has 0 saturated heterocycles. The lowest BCUT2D eigenvalue weighted by Gasteiger charge is -2.13. The van der Waals surface area contributed by atoms with Gasteiger partial charge in [-0.15, -0.1) is 0 Å². The summed E-state index contributed by atoms with van der Waals surface area (Å²) in [7, 11) is 0. The number of carboxylic acid groups (broad SMARTS) is 1. The van der Waals surface area contributed by atoms with Crippen LogP contribution in [0.5, 0.6) is 0 Å². The Hall–Kier alpha value is -1.62. The van der Waals surface area contributed by atoms with Crippen LogP contribution in [-0.2, 0) is 6.42 Å². The van der Waals surface area contributed by atoms with Crippen molar-refractivity contribution in [3.63, 3.8) is 0 Å². The van der Waals surface area contributed by atoms with Gasteiger partial charge in [-0.1, -0.05) is 12.1 Å². The van der Waals surface area contributed by atoms with Gasteiger partial charge in [-0.2, -0.15) is 0 Å². The Morgan fingerprint density at radius 2 is 2.25 bits per heavy atom. The molecule has 0 aliphatic rings. The van der Waals surface area contributed by atoms with Crippen LogP contribution in [0.15, 0.2) is 18.2 Å². The summed E-state index contributed by atoms with van der Waals surface area (Å²) in [6.07, 6.45) is -0.771. The summed E-state index contributed by atoms with van der Waals surface area (Å²) in [5, 5.41) is 19.5. The van der Waals surface area contributed by atoms with E-state index in [0.29, 0.717) is 6.42 Å². The van der Waals surface area contributed by atoms with Gasteiger partial charge in [-0.05, 0) is 25.0 Å². The van der Waals surface area contributed by atoms with E-state index in [1.165, 1.54) is 6.07 Å². The minimum Gasteiger partial charge on any atom is -0.465 e. The highest BCUT2D eigenvalue weighted by Gasteiger charge is 2.13. The molecule has 0 heterocycles. The fourth-order valence-electron chi connectivity index (χ4n) is 1.47. The van der Waals surface area contributed by atoms with Gasteiger partial charge in [0, 0.05) is 12.2 Å². The van der Waals surface area contributed by atoms with Crippen molar-refractivity contribution in [1.82, 2.24) is 5.32 Å². The molecule has 0 unspecified atom stereocenters. The number of halogens is 1.